The van der Waals surface area contributed by atoms with Gasteiger partial charge in [-0.3, -0.25) is 0 Å². The van der Waals surface area contributed by atoms with Gasteiger partial charge in [0, 0.05) is 33.4 Å². The van der Waals surface area contributed by atoms with E-state index in [2.05, 4.69) is 24.1 Å². The van der Waals surface area contributed by atoms with Crippen LogP contribution in [0.15, 0.2) is 0 Å². The summed E-state index contributed by atoms with van der Waals surface area (Å²) in [5.41, 5.74) is 0. The summed E-state index contributed by atoms with van der Waals surface area (Å²) < 4.78 is 5.01. The molecule has 1 saturated heterocycles. The summed E-state index contributed by atoms with van der Waals surface area (Å²) >= 11 is 0. The minimum absolute atomic E-state index is 0.847. The molecule has 1 rings (SSSR count). The molecule has 0 radical (unpaired) electrons. The Morgan fingerprint density at radius 2 is 2.19 bits per heavy atom. The summed E-state index contributed by atoms with van der Waals surface area (Å²) in [6.07, 6.45) is 2.51. The molecule has 0 aromatic rings. The highest BCUT2D eigenvalue weighted by Gasteiger charge is 2.23. The van der Waals surface area contributed by atoms with Crippen molar-refractivity contribution in [3.05, 3.63) is 0 Å². The maximum atomic E-state index is 5.01. The van der Waals surface area contributed by atoms with Crippen molar-refractivity contribution in [2.75, 3.05) is 46.4 Å². The van der Waals surface area contributed by atoms with Crippen LogP contribution < -0.4 is 5.32 Å². The first-order valence-corrected chi connectivity index (χ1v) is 6.66. The van der Waals surface area contributed by atoms with Crippen molar-refractivity contribution in [2.45, 2.75) is 26.7 Å². The molecule has 1 unspecified atom stereocenters. The van der Waals surface area contributed by atoms with Gasteiger partial charge in [-0.25, -0.2) is 0 Å². The summed E-state index contributed by atoms with van der Waals surface area (Å²) in [5, 5.41) is 3.47. The van der Waals surface area contributed by atoms with E-state index in [-0.39, 0.29) is 0 Å². The van der Waals surface area contributed by atoms with Crippen LogP contribution >= 0.6 is 0 Å². The Balaban J connectivity index is 1.94. The van der Waals surface area contributed by atoms with Gasteiger partial charge in [-0.1, -0.05) is 13.8 Å². The van der Waals surface area contributed by atoms with Gasteiger partial charge in [0.05, 0.1) is 0 Å². The van der Waals surface area contributed by atoms with E-state index in [1.54, 1.807) is 7.11 Å². The van der Waals surface area contributed by atoms with Crippen LogP contribution in [-0.4, -0.2) is 51.3 Å². The van der Waals surface area contributed by atoms with Crippen molar-refractivity contribution in [2.24, 2.45) is 11.8 Å². The quantitative estimate of drug-likeness (QED) is 0.639. The summed E-state index contributed by atoms with van der Waals surface area (Å²) in [6, 6.07) is 0. The van der Waals surface area contributed by atoms with Crippen molar-refractivity contribution in [3.8, 4) is 0 Å². The molecule has 1 fully saturated rings. The zero-order valence-electron chi connectivity index (χ0n) is 11.2. The molecule has 1 aliphatic rings. The second-order valence-electron chi connectivity index (χ2n) is 5.19. The molecule has 0 amide bonds. The van der Waals surface area contributed by atoms with E-state index in [1.807, 2.05) is 0 Å². The highest BCUT2D eigenvalue weighted by atomic mass is 16.5. The molecule has 3 heteroatoms. The smallest absolute Gasteiger partial charge is 0.0474 e. The monoisotopic (exact) mass is 228 g/mol. The average Bonchev–Trinajstić information content (AvgIpc) is 2.72. The highest BCUT2D eigenvalue weighted by molar-refractivity contribution is 4.77. The molecule has 1 aliphatic heterocycles. The summed E-state index contributed by atoms with van der Waals surface area (Å²) in [5.74, 6) is 1.77. The normalized spacial score (nSPS) is 22.1. The average molecular weight is 228 g/mol. The Kier molecular flexibility index (Phi) is 7.01. The SMILES string of the molecule is COCCCNCCN1CCC(C(C)C)C1. The van der Waals surface area contributed by atoms with Crippen LogP contribution in [0, 0.1) is 11.8 Å². The maximum Gasteiger partial charge on any atom is 0.0474 e. The van der Waals surface area contributed by atoms with E-state index in [0.717, 1.165) is 38.0 Å². The number of hydrogen-bond donors (Lipinski definition) is 1. The molecule has 3 nitrogen and oxygen atoms in total. The second kappa shape index (κ2) is 8.04. The molecule has 1 atom stereocenters. The molecule has 96 valence electrons. The Labute approximate surface area is 101 Å². The zero-order chi connectivity index (χ0) is 11.8. The lowest BCUT2D eigenvalue weighted by Gasteiger charge is -2.17. The Hall–Kier alpha value is -0.120. The van der Waals surface area contributed by atoms with Gasteiger partial charge in [0.15, 0.2) is 0 Å². The van der Waals surface area contributed by atoms with E-state index in [1.165, 1.54) is 26.1 Å². The molecule has 0 spiro atoms. The lowest BCUT2D eigenvalue weighted by atomic mass is 9.95. The van der Waals surface area contributed by atoms with Gasteiger partial charge in [-0.2, -0.15) is 0 Å². The molecule has 16 heavy (non-hydrogen) atoms. The third-order valence-electron chi connectivity index (χ3n) is 3.56. The molecule has 0 aromatic carbocycles. The van der Waals surface area contributed by atoms with Crippen molar-refractivity contribution in [1.29, 1.82) is 0 Å². The first-order valence-electron chi connectivity index (χ1n) is 6.66. The van der Waals surface area contributed by atoms with Gasteiger partial charge >= 0.3 is 0 Å². The van der Waals surface area contributed by atoms with E-state index in [4.69, 9.17) is 4.74 Å². The van der Waals surface area contributed by atoms with Gasteiger partial charge in [-0.15, -0.1) is 0 Å². The van der Waals surface area contributed by atoms with Gasteiger partial charge in [-0.05, 0) is 37.8 Å². The fourth-order valence-electron chi connectivity index (χ4n) is 2.31. The third kappa shape index (κ3) is 5.28. The van der Waals surface area contributed by atoms with Gasteiger partial charge < -0.3 is 15.0 Å². The number of ether oxygens (including phenoxy) is 1. The number of nitrogens with zero attached hydrogens (tertiary/aromatic N) is 1. The summed E-state index contributed by atoms with van der Waals surface area (Å²) in [6.45, 7) is 11.6. The topological polar surface area (TPSA) is 24.5 Å². The van der Waals surface area contributed by atoms with Crippen molar-refractivity contribution < 1.29 is 4.74 Å². The van der Waals surface area contributed by atoms with Gasteiger partial charge in [0.25, 0.3) is 0 Å². The minimum Gasteiger partial charge on any atom is -0.385 e. The summed E-state index contributed by atoms with van der Waals surface area (Å²) in [4.78, 5) is 2.59. The van der Waals surface area contributed by atoms with Crippen LogP contribution in [-0.2, 0) is 4.74 Å². The standard InChI is InChI=1S/C13H28N2O/c1-12(2)13-5-8-15(11-13)9-7-14-6-4-10-16-3/h12-14H,4-11H2,1-3H3. The predicted molar refractivity (Wildman–Crippen MR) is 68.7 cm³/mol. The first-order chi connectivity index (χ1) is 7.74. The predicted octanol–water partition coefficient (Wildman–Crippen LogP) is 1.59. The Morgan fingerprint density at radius 1 is 1.38 bits per heavy atom. The summed E-state index contributed by atoms with van der Waals surface area (Å²) in [7, 11) is 1.76. The van der Waals surface area contributed by atoms with E-state index in [0.29, 0.717) is 0 Å². The number of likely N-dealkylation sites (tertiary alicyclic amines) is 1. The molecule has 0 bridgehead atoms. The van der Waals surface area contributed by atoms with E-state index < -0.39 is 0 Å². The van der Waals surface area contributed by atoms with Gasteiger partial charge in [0.2, 0.25) is 0 Å². The van der Waals surface area contributed by atoms with Crippen molar-refractivity contribution in [3.63, 3.8) is 0 Å². The van der Waals surface area contributed by atoms with Crippen molar-refractivity contribution in [1.82, 2.24) is 10.2 Å². The van der Waals surface area contributed by atoms with Crippen LogP contribution in [0.2, 0.25) is 0 Å². The van der Waals surface area contributed by atoms with Crippen LogP contribution in [0.25, 0.3) is 0 Å². The lowest BCUT2D eigenvalue weighted by Crippen LogP contribution is -2.31. The first kappa shape index (κ1) is 13.9. The van der Waals surface area contributed by atoms with Gasteiger partial charge in [0.1, 0.15) is 0 Å². The molecule has 0 aliphatic carbocycles. The Morgan fingerprint density at radius 3 is 2.81 bits per heavy atom. The Bertz CT molecular complexity index is 173. The maximum absolute atomic E-state index is 5.01. The van der Waals surface area contributed by atoms with Crippen molar-refractivity contribution >= 4 is 0 Å². The fourth-order valence-corrected chi connectivity index (χ4v) is 2.31. The molecule has 1 heterocycles. The molecule has 0 saturated carbocycles. The van der Waals surface area contributed by atoms with E-state index in [9.17, 15) is 0 Å². The fraction of sp³-hybridized carbons (Fsp3) is 1.00. The zero-order valence-corrected chi connectivity index (χ0v) is 11.2. The second-order valence-corrected chi connectivity index (χ2v) is 5.19. The van der Waals surface area contributed by atoms with Crippen LogP contribution in [0.4, 0.5) is 0 Å². The molecule has 1 N–H and O–H groups in total. The van der Waals surface area contributed by atoms with Crippen LogP contribution in [0.1, 0.15) is 26.7 Å². The van der Waals surface area contributed by atoms with Crippen LogP contribution in [0.3, 0.4) is 0 Å². The molecule has 0 aromatic heterocycles. The number of methoxy groups -OCH3 is 1. The largest absolute Gasteiger partial charge is 0.385 e. The van der Waals surface area contributed by atoms with E-state index >= 15 is 0 Å². The number of rotatable bonds is 8. The molecular formula is C13H28N2O. The minimum atomic E-state index is 0.847. The third-order valence-corrected chi connectivity index (χ3v) is 3.56. The number of nitrogens with one attached hydrogen (secondary N) is 1. The van der Waals surface area contributed by atoms with Crippen LogP contribution in [0.5, 0.6) is 0 Å². The molecular weight excluding hydrogens is 200 g/mol. The highest BCUT2D eigenvalue weighted by Crippen LogP contribution is 2.22. The lowest BCUT2D eigenvalue weighted by molar-refractivity contribution is 0.193. The number of hydrogen-bond acceptors (Lipinski definition) is 3.